The van der Waals surface area contributed by atoms with Gasteiger partial charge in [-0.05, 0) is 24.3 Å². The van der Waals surface area contributed by atoms with Crippen molar-refractivity contribution in [2.24, 2.45) is 5.73 Å². The molecular formula is C16H9FN4O5. The van der Waals surface area contributed by atoms with Gasteiger partial charge in [0.15, 0.2) is 23.2 Å². The summed E-state index contributed by atoms with van der Waals surface area (Å²) in [5.74, 6) is -4.06. The number of pyridine rings is 1. The molecule has 0 spiro atoms. The third kappa shape index (κ3) is 2.62. The quantitative estimate of drug-likeness (QED) is 0.460. The standard InChI is InChI=1S/C16H9FN4O5/c17-7-3-1-6(2-4-7)11-9-13(22)12(14(23)10(19)16(24)25)20-8(5-18)15(9)26-21-11/h1-4,10,22H,19H2,(H,24,25). The SMILES string of the molecule is N#Cc1nc(C(=O)C(N)C(=O)O)c(O)c2c(-c3ccc(F)cc3)noc12. The topological polar surface area (TPSA) is 163 Å². The van der Waals surface area contributed by atoms with Crippen molar-refractivity contribution in [2.45, 2.75) is 6.04 Å². The first-order valence-electron chi connectivity index (χ1n) is 7.06. The summed E-state index contributed by atoms with van der Waals surface area (Å²) in [5.41, 5.74) is 4.33. The highest BCUT2D eigenvalue weighted by Gasteiger charge is 2.31. The Morgan fingerprint density at radius 2 is 1.96 bits per heavy atom. The summed E-state index contributed by atoms with van der Waals surface area (Å²) in [6.45, 7) is 0. The number of nitriles is 1. The Morgan fingerprint density at radius 1 is 1.31 bits per heavy atom. The maximum absolute atomic E-state index is 13.1. The van der Waals surface area contributed by atoms with Gasteiger partial charge < -0.3 is 20.5 Å². The molecule has 0 fully saturated rings. The number of carboxylic acids is 1. The third-order valence-corrected chi connectivity index (χ3v) is 3.60. The molecule has 0 aliphatic heterocycles. The number of Topliss-reactive ketones (excluding diaryl/α,β-unsaturated/α-hetero) is 1. The van der Waals surface area contributed by atoms with Crippen molar-refractivity contribution in [1.29, 1.82) is 5.26 Å². The summed E-state index contributed by atoms with van der Waals surface area (Å²) in [6, 6.07) is 4.69. The van der Waals surface area contributed by atoms with E-state index in [0.29, 0.717) is 5.56 Å². The van der Waals surface area contributed by atoms with Crippen LogP contribution in [0, 0.1) is 17.1 Å². The molecule has 0 bridgehead atoms. The maximum atomic E-state index is 13.1. The van der Waals surface area contributed by atoms with Crippen LogP contribution in [0.25, 0.3) is 22.2 Å². The molecule has 0 saturated heterocycles. The highest BCUT2D eigenvalue weighted by atomic mass is 19.1. The molecule has 130 valence electrons. The molecule has 9 nitrogen and oxygen atoms in total. The van der Waals surface area contributed by atoms with Crippen molar-refractivity contribution < 1.29 is 28.7 Å². The van der Waals surface area contributed by atoms with Crippen LogP contribution in [-0.2, 0) is 4.79 Å². The number of carboxylic acid groups (broad SMARTS) is 1. The van der Waals surface area contributed by atoms with E-state index < -0.39 is 35.1 Å². The zero-order chi connectivity index (χ0) is 19.0. The van der Waals surface area contributed by atoms with Gasteiger partial charge in [-0.2, -0.15) is 5.26 Å². The number of nitrogens with zero attached hydrogens (tertiary/aromatic N) is 3. The second-order valence-corrected chi connectivity index (χ2v) is 5.19. The number of carbonyl (C=O) groups excluding carboxylic acids is 1. The monoisotopic (exact) mass is 356 g/mol. The largest absolute Gasteiger partial charge is 0.505 e. The lowest BCUT2D eigenvalue weighted by Crippen LogP contribution is -2.39. The summed E-state index contributed by atoms with van der Waals surface area (Å²) < 4.78 is 18.1. The molecular weight excluding hydrogens is 347 g/mol. The van der Waals surface area contributed by atoms with Gasteiger partial charge in [0.05, 0.1) is 5.39 Å². The Hall–Kier alpha value is -3.84. The lowest BCUT2D eigenvalue weighted by atomic mass is 10.0. The molecule has 26 heavy (non-hydrogen) atoms. The maximum Gasteiger partial charge on any atom is 0.328 e. The lowest BCUT2D eigenvalue weighted by molar-refractivity contribution is -0.137. The smallest absolute Gasteiger partial charge is 0.328 e. The van der Waals surface area contributed by atoms with Crippen LogP contribution in [-0.4, -0.2) is 38.1 Å². The number of hydrogen-bond donors (Lipinski definition) is 3. The Morgan fingerprint density at radius 3 is 2.54 bits per heavy atom. The number of hydrogen-bond acceptors (Lipinski definition) is 8. The van der Waals surface area contributed by atoms with Crippen molar-refractivity contribution in [3.05, 3.63) is 41.5 Å². The van der Waals surface area contributed by atoms with Gasteiger partial charge in [-0.3, -0.25) is 9.59 Å². The zero-order valence-corrected chi connectivity index (χ0v) is 12.8. The van der Waals surface area contributed by atoms with Crippen molar-refractivity contribution in [2.75, 3.05) is 0 Å². The number of benzene rings is 1. The van der Waals surface area contributed by atoms with Crippen molar-refractivity contribution in [1.82, 2.24) is 10.1 Å². The molecule has 2 heterocycles. The molecule has 3 aromatic rings. The lowest BCUT2D eigenvalue weighted by Gasteiger charge is -2.08. The number of ketones is 1. The predicted octanol–water partition coefficient (Wildman–Crippen LogP) is 1.20. The van der Waals surface area contributed by atoms with E-state index in [1.54, 1.807) is 6.07 Å². The van der Waals surface area contributed by atoms with Gasteiger partial charge in [-0.15, -0.1) is 0 Å². The van der Waals surface area contributed by atoms with Gasteiger partial charge in [0.25, 0.3) is 0 Å². The minimum Gasteiger partial charge on any atom is -0.505 e. The Kier molecular flexibility index (Phi) is 4.07. The van der Waals surface area contributed by atoms with E-state index in [2.05, 4.69) is 10.1 Å². The minimum atomic E-state index is -1.98. The van der Waals surface area contributed by atoms with Gasteiger partial charge in [0.1, 0.15) is 17.6 Å². The highest BCUT2D eigenvalue weighted by molar-refractivity contribution is 6.14. The van der Waals surface area contributed by atoms with E-state index >= 15 is 0 Å². The molecule has 0 radical (unpaired) electrons. The van der Waals surface area contributed by atoms with Crippen LogP contribution < -0.4 is 5.73 Å². The van der Waals surface area contributed by atoms with Gasteiger partial charge in [0, 0.05) is 5.56 Å². The van der Waals surface area contributed by atoms with Crippen LogP contribution in [0.2, 0.25) is 0 Å². The van der Waals surface area contributed by atoms with Gasteiger partial charge in [-0.1, -0.05) is 5.16 Å². The number of aromatic hydroxyl groups is 1. The van der Waals surface area contributed by atoms with Crippen LogP contribution in [0.4, 0.5) is 4.39 Å². The van der Waals surface area contributed by atoms with E-state index in [4.69, 9.17) is 15.4 Å². The number of rotatable bonds is 4. The molecule has 4 N–H and O–H groups in total. The molecule has 1 atom stereocenters. The first-order valence-corrected chi connectivity index (χ1v) is 7.06. The van der Waals surface area contributed by atoms with Crippen molar-refractivity contribution in [3.8, 4) is 23.1 Å². The van der Waals surface area contributed by atoms with Crippen LogP contribution in [0.1, 0.15) is 16.2 Å². The molecule has 3 rings (SSSR count). The van der Waals surface area contributed by atoms with Crippen LogP contribution in [0.5, 0.6) is 5.75 Å². The van der Waals surface area contributed by atoms with E-state index in [0.717, 1.165) is 12.1 Å². The average molecular weight is 356 g/mol. The van der Waals surface area contributed by atoms with Crippen LogP contribution in [0.3, 0.4) is 0 Å². The zero-order valence-electron chi connectivity index (χ0n) is 12.8. The van der Waals surface area contributed by atoms with Gasteiger partial charge in [-0.25, -0.2) is 9.37 Å². The van der Waals surface area contributed by atoms with Gasteiger partial charge in [0.2, 0.25) is 11.4 Å². The molecule has 10 heteroatoms. The predicted molar refractivity (Wildman–Crippen MR) is 83.5 cm³/mol. The summed E-state index contributed by atoms with van der Waals surface area (Å²) in [7, 11) is 0. The van der Waals surface area contributed by atoms with Crippen LogP contribution >= 0.6 is 0 Å². The number of halogens is 1. The van der Waals surface area contributed by atoms with Gasteiger partial charge >= 0.3 is 5.97 Å². The summed E-state index contributed by atoms with van der Waals surface area (Å²) >= 11 is 0. The molecule has 0 amide bonds. The van der Waals surface area contributed by atoms with E-state index in [-0.39, 0.29) is 22.4 Å². The highest BCUT2D eigenvalue weighted by Crippen LogP contribution is 2.37. The first-order chi connectivity index (χ1) is 12.3. The number of carbonyl (C=O) groups is 2. The summed E-state index contributed by atoms with van der Waals surface area (Å²) in [4.78, 5) is 26.8. The van der Waals surface area contributed by atoms with E-state index in [1.165, 1.54) is 12.1 Å². The molecule has 0 aliphatic carbocycles. The van der Waals surface area contributed by atoms with Crippen LogP contribution in [0.15, 0.2) is 28.8 Å². The molecule has 0 saturated carbocycles. The number of nitrogens with two attached hydrogens (primary N) is 1. The van der Waals surface area contributed by atoms with E-state index in [1.807, 2.05) is 0 Å². The molecule has 0 aliphatic rings. The Balaban J connectivity index is 2.30. The van der Waals surface area contributed by atoms with Crippen molar-refractivity contribution >= 4 is 22.7 Å². The fourth-order valence-corrected chi connectivity index (χ4v) is 2.32. The van der Waals surface area contributed by atoms with Crippen molar-refractivity contribution in [3.63, 3.8) is 0 Å². The molecule has 1 aromatic carbocycles. The third-order valence-electron chi connectivity index (χ3n) is 3.60. The van der Waals surface area contributed by atoms with E-state index in [9.17, 15) is 24.3 Å². The molecule has 1 unspecified atom stereocenters. The average Bonchev–Trinajstić information content (AvgIpc) is 3.07. The fraction of sp³-hybridized carbons (Fsp3) is 0.0625. The normalized spacial score (nSPS) is 11.9. The minimum absolute atomic E-state index is 0.0225. The number of aromatic nitrogens is 2. The Labute approximate surface area is 144 Å². The second kappa shape index (κ2) is 6.23. The number of aliphatic carboxylic acids is 1. The Bertz CT molecular complexity index is 1080. The first kappa shape index (κ1) is 17.0. The second-order valence-electron chi connectivity index (χ2n) is 5.19. The fourth-order valence-electron chi connectivity index (χ4n) is 2.32. The summed E-state index contributed by atoms with van der Waals surface area (Å²) in [5, 5.41) is 32.1. The number of fused-ring (bicyclic) bond motifs is 1. The molecule has 2 aromatic heterocycles. The summed E-state index contributed by atoms with van der Waals surface area (Å²) in [6.07, 6.45) is 0.